The molecule has 1 aromatic carbocycles. The van der Waals surface area contributed by atoms with Gasteiger partial charge in [-0.15, -0.1) is 0 Å². The lowest BCUT2D eigenvalue weighted by atomic mass is 10.1. The van der Waals surface area contributed by atoms with E-state index in [2.05, 4.69) is 5.32 Å². The van der Waals surface area contributed by atoms with Crippen LogP contribution in [-0.2, 0) is 11.3 Å². The van der Waals surface area contributed by atoms with Crippen LogP contribution in [0.3, 0.4) is 0 Å². The summed E-state index contributed by atoms with van der Waals surface area (Å²) in [6.45, 7) is 0.468. The van der Waals surface area contributed by atoms with E-state index in [0.29, 0.717) is 6.54 Å². The number of rotatable bonds is 5. The van der Waals surface area contributed by atoms with Crippen molar-refractivity contribution >= 4 is 5.91 Å². The van der Waals surface area contributed by atoms with Gasteiger partial charge in [-0.3, -0.25) is 10.1 Å². The molecule has 0 fully saturated rings. The van der Waals surface area contributed by atoms with E-state index in [1.165, 1.54) is 0 Å². The highest BCUT2D eigenvalue weighted by Crippen LogP contribution is 2.13. The number of carbonyl (C=O) groups is 1. The highest BCUT2D eigenvalue weighted by atomic mass is 16.3. The Balaban J connectivity index is 2.06. The van der Waals surface area contributed by atoms with Gasteiger partial charge in [-0.25, -0.2) is 0 Å². The van der Waals surface area contributed by atoms with Gasteiger partial charge in [0, 0.05) is 0 Å². The van der Waals surface area contributed by atoms with Gasteiger partial charge < -0.3 is 10.2 Å². The summed E-state index contributed by atoms with van der Waals surface area (Å²) in [6.07, 6.45) is 1.60. The number of carbonyl (C=O) groups excluding carboxylic acids is 1. The van der Waals surface area contributed by atoms with Crippen LogP contribution in [0.1, 0.15) is 17.4 Å². The molecule has 2 aromatic rings. The average Bonchev–Trinajstić information content (AvgIpc) is 2.83. The molecule has 0 radical (unpaired) electrons. The highest BCUT2D eigenvalue weighted by molar-refractivity contribution is 5.81. The maximum atomic E-state index is 11.4. The zero-order chi connectivity index (χ0) is 12.1. The topological polar surface area (TPSA) is 68.3 Å². The fourth-order valence-corrected chi connectivity index (χ4v) is 1.64. The number of amides is 1. The van der Waals surface area contributed by atoms with Crippen LogP contribution in [0.2, 0.25) is 0 Å². The number of primary amides is 1. The number of benzene rings is 1. The van der Waals surface area contributed by atoms with E-state index in [-0.39, 0.29) is 0 Å². The van der Waals surface area contributed by atoms with E-state index in [1.807, 2.05) is 36.4 Å². The second kappa shape index (κ2) is 5.32. The summed E-state index contributed by atoms with van der Waals surface area (Å²) in [6, 6.07) is 12.5. The second-order valence-electron chi connectivity index (χ2n) is 3.71. The molecule has 88 valence electrons. The fraction of sp³-hybridized carbons (Fsp3) is 0.154. The number of furan rings is 1. The monoisotopic (exact) mass is 230 g/mol. The normalized spacial score (nSPS) is 12.2. The van der Waals surface area contributed by atoms with E-state index in [0.717, 1.165) is 11.3 Å². The van der Waals surface area contributed by atoms with Gasteiger partial charge in [0.1, 0.15) is 11.8 Å². The molecule has 3 N–H and O–H groups in total. The molecule has 4 heteroatoms. The largest absolute Gasteiger partial charge is 0.468 e. The molecule has 0 aliphatic rings. The van der Waals surface area contributed by atoms with Crippen LogP contribution in [0, 0.1) is 0 Å². The van der Waals surface area contributed by atoms with Crippen LogP contribution < -0.4 is 11.1 Å². The van der Waals surface area contributed by atoms with E-state index in [9.17, 15) is 4.79 Å². The van der Waals surface area contributed by atoms with Gasteiger partial charge in [-0.1, -0.05) is 30.3 Å². The van der Waals surface area contributed by atoms with E-state index < -0.39 is 11.9 Å². The van der Waals surface area contributed by atoms with E-state index >= 15 is 0 Å². The minimum atomic E-state index is -0.499. The van der Waals surface area contributed by atoms with Crippen molar-refractivity contribution in [3.63, 3.8) is 0 Å². The van der Waals surface area contributed by atoms with Crippen molar-refractivity contribution in [2.45, 2.75) is 12.6 Å². The third-order valence-electron chi connectivity index (χ3n) is 2.48. The van der Waals surface area contributed by atoms with Crippen LogP contribution in [0.5, 0.6) is 0 Å². The smallest absolute Gasteiger partial charge is 0.239 e. The Morgan fingerprint density at radius 3 is 2.59 bits per heavy atom. The second-order valence-corrected chi connectivity index (χ2v) is 3.71. The van der Waals surface area contributed by atoms with Crippen molar-refractivity contribution in [3.8, 4) is 0 Å². The zero-order valence-corrected chi connectivity index (χ0v) is 9.30. The molecule has 17 heavy (non-hydrogen) atoms. The van der Waals surface area contributed by atoms with Gasteiger partial charge in [0.2, 0.25) is 5.91 Å². The fourth-order valence-electron chi connectivity index (χ4n) is 1.64. The predicted molar refractivity (Wildman–Crippen MR) is 63.9 cm³/mol. The maximum absolute atomic E-state index is 11.4. The molecule has 1 heterocycles. The summed E-state index contributed by atoms with van der Waals surface area (Å²) in [5.41, 5.74) is 6.23. The first kappa shape index (κ1) is 11.4. The van der Waals surface area contributed by atoms with Crippen molar-refractivity contribution < 1.29 is 9.21 Å². The first-order valence-electron chi connectivity index (χ1n) is 5.37. The summed E-state index contributed by atoms with van der Waals surface area (Å²) in [5, 5.41) is 3.07. The SMILES string of the molecule is NC(=O)C(NCc1ccco1)c1ccccc1. The van der Waals surface area contributed by atoms with Gasteiger partial charge in [-0.05, 0) is 17.7 Å². The number of hydrogen-bond donors (Lipinski definition) is 2. The van der Waals surface area contributed by atoms with E-state index in [1.54, 1.807) is 12.3 Å². The Morgan fingerprint density at radius 2 is 2.00 bits per heavy atom. The molecule has 0 spiro atoms. The highest BCUT2D eigenvalue weighted by Gasteiger charge is 2.16. The van der Waals surface area contributed by atoms with Crippen molar-refractivity contribution in [3.05, 3.63) is 60.1 Å². The van der Waals surface area contributed by atoms with Gasteiger partial charge >= 0.3 is 0 Å². The molecule has 1 unspecified atom stereocenters. The Morgan fingerprint density at radius 1 is 1.24 bits per heavy atom. The Hall–Kier alpha value is -2.07. The number of nitrogens with one attached hydrogen (secondary N) is 1. The predicted octanol–water partition coefficient (Wildman–Crippen LogP) is 1.60. The van der Waals surface area contributed by atoms with Crippen molar-refractivity contribution in [2.24, 2.45) is 5.73 Å². The molecule has 0 aliphatic carbocycles. The Bertz CT molecular complexity index is 465. The third-order valence-corrected chi connectivity index (χ3v) is 2.48. The maximum Gasteiger partial charge on any atom is 0.239 e. The van der Waals surface area contributed by atoms with Crippen molar-refractivity contribution in [2.75, 3.05) is 0 Å². The van der Waals surface area contributed by atoms with Gasteiger partial charge in [-0.2, -0.15) is 0 Å². The third kappa shape index (κ3) is 2.95. The molecular weight excluding hydrogens is 216 g/mol. The molecule has 0 saturated carbocycles. The minimum Gasteiger partial charge on any atom is -0.468 e. The molecule has 0 saturated heterocycles. The Kier molecular flexibility index (Phi) is 3.57. The summed E-state index contributed by atoms with van der Waals surface area (Å²) in [4.78, 5) is 11.4. The molecule has 4 nitrogen and oxygen atoms in total. The average molecular weight is 230 g/mol. The van der Waals surface area contributed by atoms with Crippen LogP contribution in [-0.4, -0.2) is 5.91 Å². The van der Waals surface area contributed by atoms with Crippen molar-refractivity contribution in [1.29, 1.82) is 0 Å². The molecule has 2 rings (SSSR count). The summed E-state index contributed by atoms with van der Waals surface area (Å²) >= 11 is 0. The summed E-state index contributed by atoms with van der Waals surface area (Å²) in [7, 11) is 0. The van der Waals surface area contributed by atoms with Crippen LogP contribution in [0.4, 0.5) is 0 Å². The zero-order valence-electron chi connectivity index (χ0n) is 9.30. The first-order chi connectivity index (χ1) is 8.27. The quantitative estimate of drug-likeness (QED) is 0.819. The molecule has 0 bridgehead atoms. The summed E-state index contributed by atoms with van der Waals surface area (Å²) in [5.74, 6) is 0.370. The number of hydrogen-bond acceptors (Lipinski definition) is 3. The van der Waals surface area contributed by atoms with Gasteiger partial charge in [0.05, 0.1) is 12.8 Å². The van der Waals surface area contributed by atoms with Crippen LogP contribution >= 0.6 is 0 Å². The van der Waals surface area contributed by atoms with Crippen LogP contribution in [0.15, 0.2) is 53.1 Å². The first-order valence-corrected chi connectivity index (χ1v) is 5.37. The van der Waals surface area contributed by atoms with Crippen LogP contribution in [0.25, 0.3) is 0 Å². The summed E-state index contributed by atoms with van der Waals surface area (Å²) < 4.78 is 5.18. The lowest BCUT2D eigenvalue weighted by Gasteiger charge is -2.14. The Labute approximate surface area is 99.4 Å². The molecule has 0 aliphatic heterocycles. The van der Waals surface area contributed by atoms with Crippen molar-refractivity contribution in [1.82, 2.24) is 5.32 Å². The molecule has 1 aromatic heterocycles. The number of nitrogens with two attached hydrogens (primary N) is 1. The van der Waals surface area contributed by atoms with E-state index in [4.69, 9.17) is 10.2 Å². The molecule has 1 atom stereocenters. The molecule has 1 amide bonds. The van der Waals surface area contributed by atoms with Gasteiger partial charge in [0.15, 0.2) is 0 Å². The minimum absolute atomic E-state index is 0.400. The lowest BCUT2D eigenvalue weighted by Crippen LogP contribution is -2.33. The van der Waals surface area contributed by atoms with Gasteiger partial charge in [0.25, 0.3) is 0 Å². The lowest BCUT2D eigenvalue weighted by molar-refractivity contribution is -0.120. The standard InChI is InChI=1S/C13H14N2O2/c14-13(16)12(10-5-2-1-3-6-10)15-9-11-7-4-8-17-11/h1-8,12,15H,9H2,(H2,14,16). The molecular formula is C13H14N2O2.